The summed E-state index contributed by atoms with van der Waals surface area (Å²) in [5.74, 6) is -0.0575. The Hall–Kier alpha value is -1.61. The first-order valence-electron chi connectivity index (χ1n) is 5.38. The molecule has 3 N–H and O–H groups in total. The molecule has 1 rings (SSSR count). The van der Waals surface area contributed by atoms with Crippen LogP contribution >= 0.6 is 0 Å². The number of nitrogens with two attached hydrogens (primary N) is 1. The molecule has 0 saturated carbocycles. The molecule has 1 aromatic rings. The number of nitrogens with one attached hydrogen (secondary N) is 1. The van der Waals surface area contributed by atoms with Gasteiger partial charge in [0.1, 0.15) is 0 Å². The fourth-order valence-corrected chi connectivity index (χ4v) is 1.41. The molecule has 1 amide bonds. The molecule has 0 aliphatic carbocycles. The Labute approximate surface area is 96.3 Å². The molecule has 0 aromatic heterocycles. The van der Waals surface area contributed by atoms with Crippen LogP contribution in [-0.2, 0) is 6.54 Å². The normalized spacial score (nSPS) is 11.9. The fraction of sp³-hybridized carbons (Fsp3) is 0.308. The molecule has 1 atom stereocenters. The van der Waals surface area contributed by atoms with E-state index in [0.29, 0.717) is 12.1 Å². The zero-order chi connectivity index (χ0) is 12.0. The van der Waals surface area contributed by atoms with Crippen molar-refractivity contribution in [1.29, 1.82) is 0 Å². The predicted octanol–water partition coefficient (Wildman–Crippen LogP) is 1.84. The number of amides is 1. The van der Waals surface area contributed by atoms with Crippen molar-refractivity contribution in [2.24, 2.45) is 5.73 Å². The van der Waals surface area contributed by atoms with Crippen LogP contribution in [0.2, 0.25) is 0 Å². The Kier molecular flexibility index (Phi) is 4.73. The van der Waals surface area contributed by atoms with Gasteiger partial charge in [-0.1, -0.05) is 18.2 Å². The van der Waals surface area contributed by atoms with E-state index in [2.05, 4.69) is 11.9 Å². The summed E-state index contributed by atoms with van der Waals surface area (Å²) in [5.41, 5.74) is 7.17. The Morgan fingerprint density at radius 2 is 2.12 bits per heavy atom. The first kappa shape index (κ1) is 12.5. The minimum atomic E-state index is -0.0575. The number of hydrogen-bond donors (Lipinski definition) is 2. The molecule has 0 spiro atoms. The molecule has 1 unspecified atom stereocenters. The zero-order valence-corrected chi connectivity index (χ0v) is 9.57. The second-order valence-corrected chi connectivity index (χ2v) is 3.80. The number of hydrogen-bond acceptors (Lipinski definition) is 2. The van der Waals surface area contributed by atoms with Gasteiger partial charge in [-0.25, -0.2) is 0 Å². The molecule has 3 heteroatoms. The van der Waals surface area contributed by atoms with Gasteiger partial charge in [0.25, 0.3) is 5.91 Å². The van der Waals surface area contributed by atoms with E-state index >= 15 is 0 Å². The van der Waals surface area contributed by atoms with E-state index < -0.39 is 0 Å². The molecule has 0 aliphatic heterocycles. The molecule has 0 saturated heterocycles. The van der Waals surface area contributed by atoms with Crippen LogP contribution in [0.3, 0.4) is 0 Å². The third kappa shape index (κ3) is 3.51. The molecule has 1 aromatic carbocycles. The second-order valence-electron chi connectivity index (χ2n) is 3.80. The first-order valence-corrected chi connectivity index (χ1v) is 5.38. The second kappa shape index (κ2) is 6.08. The molecule has 0 heterocycles. The Morgan fingerprint density at radius 1 is 1.50 bits per heavy atom. The highest BCUT2D eigenvalue weighted by Gasteiger charge is 2.07. The van der Waals surface area contributed by atoms with E-state index in [9.17, 15) is 4.79 Å². The van der Waals surface area contributed by atoms with Gasteiger partial charge in [0.15, 0.2) is 0 Å². The molecular formula is C13H18N2O. The lowest BCUT2D eigenvalue weighted by Crippen LogP contribution is -2.32. The van der Waals surface area contributed by atoms with Crippen LogP contribution in [0.5, 0.6) is 0 Å². The molecule has 16 heavy (non-hydrogen) atoms. The summed E-state index contributed by atoms with van der Waals surface area (Å²) in [6, 6.07) is 7.43. The average Bonchev–Trinajstić information content (AvgIpc) is 2.29. The largest absolute Gasteiger partial charge is 0.349 e. The van der Waals surface area contributed by atoms with Gasteiger partial charge >= 0.3 is 0 Å². The number of carbonyl (C=O) groups excluding carboxylic acids is 1. The quantitative estimate of drug-likeness (QED) is 0.741. The smallest absolute Gasteiger partial charge is 0.251 e. The summed E-state index contributed by atoms with van der Waals surface area (Å²) in [5, 5.41) is 2.89. The van der Waals surface area contributed by atoms with Gasteiger partial charge in [-0.05, 0) is 31.0 Å². The van der Waals surface area contributed by atoms with Gasteiger partial charge in [-0.3, -0.25) is 4.79 Å². The lowest BCUT2D eigenvalue weighted by Gasteiger charge is -2.11. The van der Waals surface area contributed by atoms with Crippen molar-refractivity contribution >= 4 is 5.91 Å². The van der Waals surface area contributed by atoms with Crippen LogP contribution in [-0.4, -0.2) is 11.9 Å². The van der Waals surface area contributed by atoms with Gasteiger partial charge in [0, 0.05) is 18.2 Å². The van der Waals surface area contributed by atoms with Gasteiger partial charge in [0.2, 0.25) is 0 Å². The summed E-state index contributed by atoms with van der Waals surface area (Å²) < 4.78 is 0. The topological polar surface area (TPSA) is 55.1 Å². The standard InChI is InChI=1S/C13H18N2O/c1-3-4-10(2)15-13(16)12-7-5-11(9-14)6-8-12/h3,5-8,10H,1,4,9,14H2,2H3,(H,15,16). The molecule has 0 bridgehead atoms. The van der Waals surface area contributed by atoms with E-state index in [1.165, 1.54) is 0 Å². The number of carbonyl (C=O) groups is 1. The van der Waals surface area contributed by atoms with E-state index in [1.54, 1.807) is 18.2 Å². The predicted molar refractivity (Wildman–Crippen MR) is 66.1 cm³/mol. The number of rotatable bonds is 5. The SMILES string of the molecule is C=CCC(C)NC(=O)c1ccc(CN)cc1. The van der Waals surface area contributed by atoms with Crippen molar-refractivity contribution in [3.05, 3.63) is 48.0 Å². The fourth-order valence-electron chi connectivity index (χ4n) is 1.41. The van der Waals surface area contributed by atoms with E-state index in [-0.39, 0.29) is 11.9 Å². The van der Waals surface area contributed by atoms with E-state index in [0.717, 1.165) is 12.0 Å². The monoisotopic (exact) mass is 218 g/mol. The van der Waals surface area contributed by atoms with E-state index in [4.69, 9.17) is 5.73 Å². The maximum Gasteiger partial charge on any atom is 0.251 e. The van der Waals surface area contributed by atoms with Crippen molar-refractivity contribution in [2.75, 3.05) is 0 Å². The third-order valence-corrected chi connectivity index (χ3v) is 2.35. The molecule has 0 radical (unpaired) electrons. The van der Waals surface area contributed by atoms with Crippen LogP contribution in [0, 0.1) is 0 Å². The lowest BCUT2D eigenvalue weighted by molar-refractivity contribution is 0.0940. The van der Waals surface area contributed by atoms with Crippen LogP contribution in [0.4, 0.5) is 0 Å². The maximum absolute atomic E-state index is 11.8. The van der Waals surface area contributed by atoms with Crippen LogP contribution in [0.25, 0.3) is 0 Å². The zero-order valence-electron chi connectivity index (χ0n) is 9.57. The summed E-state index contributed by atoms with van der Waals surface area (Å²) in [6.45, 7) is 6.09. The Bertz CT molecular complexity index is 357. The van der Waals surface area contributed by atoms with Gasteiger partial charge < -0.3 is 11.1 Å². The maximum atomic E-state index is 11.8. The molecule has 0 aliphatic rings. The molecule has 3 nitrogen and oxygen atoms in total. The van der Waals surface area contributed by atoms with Crippen LogP contribution < -0.4 is 11.1 Å². The highest BCUT2D eigenvalue weighted by Crippen LogP contribution is 2.04. The van der Waals surface area contributed by atoms with Gasteiger partial charge in [-0.2, -0.15) is 0 Å². The van der Waals surface area contributed by atoms with Gasteiger partial charge in [0.05, 0.1) is 0 Å². The molecular weight excluding hydrogens is 200 g/mol. The van der Waals surface area contributed by atoms with Crippen molar-refractivity contribution in [1.82, 2.24) is 5.32 Å². The minimum absolute atomic E-state index is 0.0575. The summed E-state index contributed by atoms with van der Waals surface area (Å²) in [4.78, 5) is 11.8. The van der Waals surface area contributed by atoms with Crippen LogP contribution in [0.1, 0.15) is 29.3 Å². The third-order valence-electron chi connectivity index (χ3n) is 2.35. The van der Waals surface area contributed by atoms with Crippen LogP contribution in [0.15, 0.2) is 36.9 Å². The molecule has 0 fully saturated rings. The van der Waals surface area contributed by atoms with Crippen molar-refractivity contribution in [2.45, 2.75) is 25.9 Å². The first-order chi connectivity index (χ1) is 7.67. The minimum Gasteiger partial charge on any atom is -0.349 e. The highest BCUT2D eigenvalue weighted by atomic mass is 16.1. The lowest BCUT2D eigenvalue weighted by atomic mass is 10.1. The van der Waals surface area contributed by atoms with E-state index in [1.807, 2.05) is 19.1 Å². The Morgan fingerprint density at radius 3 is 2.62 bits per heavy atom. The van der Waals surface area contributed by atoms with Crippen molar-refractivity contribution in [3.8, 4) is 0 Å². The van der Waals surface area contributed by atoms with Gasteiger partial charge in [-0.15, -0.1) is 6.58 Å². The average molecular weight is 218 g/mol. The van der Waals surface area contributed by atoms with Crippen molar-refractivity contribution < 1.29 is 4.79 Å². The number of benzene rings is 1. The van der Waals surface area contributed by atoms with Crippen molar-refractivity contribution in [3.63, 3.8) is 0 Å². The summed E-state index contributed by atoms with van der Waals surface area (Å²) in [6.07, 6.45) is 2.56. The Balaban J connectivity index is 2.62. The highest BCUT2D eigenvalue weighted by molar-refractivity contribution is 5.94. The summed E-state index contributed by atoms with van der Waals surface area (Å²) >= 11 is 0. The summed E-state index contributed by atoms with van der Waals surface area (Å²) in [7, 11) is 0. The molecule has 86 valence electrons.